The third kappa shape index (κ3) is 4.84. The zero-order chi connectivity index (χ0) is 12.7. The predicted octanol–water partition coefficient (Wildman–Crippen LogP) is 3.29. The van der Waals surface area contributed by atoms with Crippen LogP contribution in [-0.2, 0) is 4.74 Å². The number of hydrogen-bond donors (Lipinski definition) is 1. The highest BCUT2D eigenvalue weighted by Crippen LogP contribution is 2.20. The summed E-state index contributed by atoms with van der Waals surface area (Å²) in [6.07, 6.45) is 1.06. The highest BCUT2D eigenvalue weighted by Gasteiger charge is 2.14. The minimum absolute atomic E-state index is 0.0828. The van der Waals surface area contributed by atoms with Crippen molar-refractivity contribution in [1.29, 1.82) is 0 Å². The molecule has 0 amide bonds. The van der Waals surface area contributed by atoms with E-state index in [1.54, 1.807) is 12.1 Å². The second-order valence-corrected chi connectivity index (χ2v) is 4.21. The highest BCUT2D eigenvalue weighted by molar-refractivity contribution is 5.19. The number of likely N-dealkylation sites (N-methyl/N-ethyl adjacent to an activating group) is 1. The van der Waals surface area contributed by atoms with Gasteiger partial charge in [-0.3, -0.25) is 0 Å². The molecule has 1 rings (SSSR count). The molecule has 0 saturated carbocycles. The van der Waals surface area contributed by atoms with Gasteiger partial charge in [-0.25, -0.2) is 4.39 Å². The van der Waals surface area contributed by atoms with E-state index >= 15 is 0 Å². The Kier molecular flexibility index (Phi) is 6.16. The Hall–Kier alpha value is -0.930. The first-order chi connectivity index (χ1) is 8.17. The summed E-state index contributed by atoms with van der Waals surface area (Å²) in [5, 5.41) is 3.25. The molecular formula is C14H22FNO. The van der Waals surface area contributed by atoms with E-state index in [1.807, 2.05) is 19.9 Å². The van der Waals surface area contributed by atoms with Gasteiger partial charge in [0.1, 0.15) is 5.82 Å². The molecule has 96 valence electrons. The molecule has 1 aromatic rings. The molecule has 2 unspecified atom stereocenters. The van der Waals surface area contributed by atoms with E-state index in [2.05, 4.69) is 12.2 Å². The van der Waals surface area contributed by atoms with Crippen molar-refractivity contribution in [3.8, 4) is 0 Å². The van der Waals surface area contributed by atoms with Crippen molar-refractivity contribution in [3.63, 3.8) is 0 Å². The molecule has 0 spiro atoms. The SMILES string of the molecule is CCNCC(OC(C)CC)c1cccc(F)c1. The second-order valence-electron chi connectivity index (χ2n) is 4.21. The fourth-order valence-corrected chi connectivity index (χ4v) is 1.60. The minimum Gasteiger partial charge on any atom is -0.369 e. The Morgan fingerprint density at radius 2 is 2.12 bits per heavy atom. The molecule has 2 atom stereocenters. The minimum atomic E-state index is -0.211. The van der Waals surface area contributed by atoms with Gasteiger partial charge in [0.25, 0.3) is 0 Å². The van der Waals surface area contributed by atoms with Crippen LogP contribution in [0.1, 0.15) is 38.9 Å². The Bertz CT molecular complexity index is 330. The van der Waals surface area contributed by atoms with Crippen molar-refractivity contribution < 1.29 is 9.13 Å². The molecule has 0 aliphatic carbocycles. The van der Waals surface area contributed by atoms with Crippen LogP contribution in [0.3, 0.4) is 0 Å². The van der Waals surface area contributed by atoms with Crippen LogP contribution in [0.25, 0.3) is 0 Å². The monoisotopic (exact) mass is 239 g/mol. The Labute approximate surface area is 103 Å². The Morgan fingerprint density at radius 1 is 1.35 bits per heavy atom. The van der Waals surface area contributed by atoms with Crippen molar-refractivity contribution >= 4 is 0 Å². The lowest BCUT2D eigenvalue weighted by atomic mass is 10.1. The molecule has 0 aliphatic rings. The van der Waals surface area contributed by atoms with E-state index in [9.17, 15) is 4.39 Å². The molecular weight excluding hydrogens is 217 g/mol. The average molecular weight is 239 g/mol. The van der Waals surface area contributed by atoms with Gasteiger partial charge in [-0.15, -0.1) is 0 Å². The number of rotatable bonds is 7. The standard InChI is InChI=1S/C14H22FNO/c1-4-11(3)17-14(10-16-5-2)12-7-6-8-13(15)9-12/h6-9,11,14,16H,4-5,10H2,1-3H3. The lowest BCUT2D eigenvalue weighted by Gasteiger charge is -2.22. The van der Waals surface area contributed by atoms with Crippen molar-refractivity contribution in [3.05, 3.63) is 35.6 Å². The predicted molar refractivity (Wildman–Crippen MR) is 68.5 cm³/mol. The summed E-state index contributed by atoms with van der Waals surface area (Å²) in [4.78, 5) is 0. The van der Waals surface area contributed by atoms with Gasteiger partial charge in [-0.2, -0.15) is 0 Å². The molecule has 0 saturated heterocycles. The maximum atomic E-state index is 13.2. The molecule has 0 fully saturated rings. The zero-order valence-electron chi connectivity index (χ0n) is 10.9. The molecule has 1 aromatic carbocycles. The number of benzene rings is 1. The summed E-state index contributed by atoms with van der Waals surface area (Å²) >= 11 is 0. The van der Waals surface area contributed by atoms with Gasteiger partial charge in [0.2, 0.25) is 0 Å². The molecule has 0 heterocycles. The number of nitrogens with one attached hydrogen (secondary N) is 1. The van der Waals surface area contributed by atoms with E-state index in [0.29, 0.717) is 6.54 Å². The average Bonchev–Trinajstić information content (AvgIpc) is 2.34. The first-order valence-corrected chi connectivity index (χ1v) is 6.29. The van der Waals surface area contributed by atoms with Gasteiger partial charge in [-0.1, -0.05) is 26.0 Å². The fourth-order valence-electron chi connectivity index (χ4n) is 1.60. The fraction of sp³-hybridized carbons (Fsp3) is 0.571. The van der Waals surface area contributed by atoms with Crippen molar-refractivity contribution in [2.45, 2.75) is 39.4 Å². The highest BCUT2D eigenvalue weighted by atomic mass is 19.1. The Morgan fingerprint density at radius 3 is 2.71 bits per heavy atom. The second kappa shape index (κ2) is 7.41. The van der Waals surface area contributed by atoms with Crippen LogP contribution in [0.15, 0.2) is 24.3 Å². The third-order valence-electron chi connectivity index (χ3n) is 2.77. The van der Waals surface area contributed by atoms with Crippen molar-refractivity contribution in [2.75, 3.05) is 13.1 Å². The van der Waals surface area contributed by atoms with E-state index in [1.165, 1.54) is 6.07 Å². The summed E-state index contributed by atoms with van der Waals surface area (Å²) < 4.78 is 19.1. The lowest BCUT2D eigenvalue weighted by Crippen LogP contribution is -2.25. The molecule has 1 N–H and O–H groups in total. The van der Waals surface area contributed by atoms with E-state index < -0.39 is 0 Å². The van der Waals surface area contributed by atoms with Gasteiger partial charge < -0.3 is 10.1 Å². The Balaban J connectivity index is 2.74. The maximum absolute atomic E-state index is 13.2. The summed E-state index contributed by atoms with van der Waals surface area (Å²) in [6, 6.07) is 6.64. The number of ether oxygens (including phenoxy) is 1. The van der Waals surface area contributed by atoms with Crippen LogP contribution in [0.5, 0.6) is 0 Å². The lowest BCUT2D eigenvalue weighted by molar-refractivity contribution is -0.00439. The van der Waals surface area contributed by atoms with Gasteiger partial charge >= 0.3 is 0 Å². The van der Waals surface area contributed by atoms with Crippen molar-refractivity contribution in [2.24, 2.45) is 0 Å². The first-order valence-electron chi connectivity index (χ1n) is 6.29. The topological polar surface area (TPSA) is 21.3 Å². The third-order valence-corrected chi connectivity index (χ3v) is 2.77. The smallest absolute Gasteiger partial charge is 0.123 e. The quantitative estimate of drug-likeness (QED) is 0.788. The van der Waals surface area contributed by atoms with Crippen LogP contribution in [0, 0.1) is 5.82 Å². The summed E-state index contributed by atoms with van der Waals surface area (Å²) in [6.45, 7) is 7.77. The molecule has 0 bridgehead atoms. The maximum Gasteiger partial charge on any atom is 0.123 e. The molecule has 0 aliphatic heterocycles. The zero-order valence-corrected chi connectivity index (χ0v) is 10.9. The number of hydrogen-bond acceptors (Lipinski definition) is 2. The normalized spacial score (nSPS) is 14.6. The molecule has 2 nitrogen and oxygen atoms in total. The van der Waals surface area contributed by atoms with E-state index in [4.69, 9.17) is 4.74 Å². The molecule has 17 heavy (non-hydrogen) atoms. The number of halogens is 1. The van der Waals surface area contributed by atoms with Crippen LogP contribution < -0.4 is 5.32 Å². The van der Waals surface area contributed by atoms with Crippen LogP contribution in [-0.4, -0.2) is 19.2 Å². The van der Waals surface area contributed by atoms with Crippen molar-refractivity contribution in [1.82, 2.24) is 5.32 Å². The summed E-state index contributed by atoms with van der Waals surface area (Å²) in [5.41, 5.74) is 0.895. The largest absolute Gasteiger partial charge is 0.369 e. The van der Waals surface area contributed by atoms with E-state index in [-0.39, 0.29) is 18.0 Å². The van der Waals surface area contributed by atoms with Crippen LogP contribution >= 0.6 is 0 Å². The van der Waals surface area contributed by atoms with Gasteiger partial charge in [0, 0.05) is 6.54 Å². The first kappa shape index (κ1) is 14.1. The molecule has 0 aromatic heterocycles. The molecule has 3 heteroatoms. The van der Waals surface area contributed by atoms with Gasteiger partial charge in [-0.05, 0) is 37.6 Å². The van der Waals surface area contributed by atoms with Crippen LogP contribution in [0.4, 0.5) is 4.39 Å². The van der Waals surface area contributed by atoms with Crippen LogP contribution in [0.2, 0.25) is 0 Å². The van der Waals surface area contributed by atoms with Gasteiger partial charge in [0.05, 0.1) is 12.2 Å². The van der Waals surface area contributed by atoms with Gasteiger partial charge in [0.15, 0.2) is 0 Å². The summed E-state index contributed by atoms with van der Waals surface area (Å²) in [5.74, 6) is -0.211. The molecule has 0 radical (unpaired) electrons. The summed E-state index contributed by atoms with van der Waals surface area (Å²) in [7, 11) is 0. The van der Waals surface area contributed by atoms with E-state index in [0.717, 1.165) is 18.5 Å².